The Hall–Kier alpha value is -2.34. The second-order valence-electron chi connectivity index (χ2n) is 5.17. The predicted octanol–water partition coefficient (Wildman–Crippen LogP) is 1.63. The standard InChI is InChI=1S/C16H21N3O3/c1-12(8-10-20)11-17-16(21)15-7-9-19(18-15)13-3-5-14(22-2)6-4-13/h3-7,9,12,20H,8,10-11H2,1-2H3,(H,17,21). The SMILES string of the molecule is COc1ccc(-n2ccc(C(=O)NCC(C)CCO)n2)cc1. The lowest BCUT2D eigenvalue weighted by Gasteiger charge is -2.09. The average molecular weight is 303 g/mol. The number of nitrogens with one attached hydrogen (secondary N) is 1. The number of carbonyl (C=O) groups excluding carboxylic acids is 1. The number of aliphatic hydroxyl groups excluding tert-OH is 1. The third-order valence-electron chi connectivity index (χ3n) is 3.39. The van der Waals surface area contributed by atoms with Crippen LogP contribution >= 0.6 is 0 Å². The van der Waals surface area contributed by atoms with Gasteiger partial charge in [0.15, 0.2) is 5.69 Å². The first kappa shape index (κ1) is 16.0. The van der Waals surface area contributed by atoms with Gasteiger partial charge in [-0.2, -0.15) is 5.10 Å². The van der Waals surface area contributed by atoms with Gasteiger partial charge in [-0.3, -0.25) is 4.79 Å². The molecule has 2 N–H and O–H groups in total. The molecule has 1 aromatic heterocycles. The summed E-state index contributed by atoms with van der Waals surface area (Å²) >= 11 is 0. The molecule has 0 radical (unpaired) electrons. The molecule has 0 aliphatic rings. The van der Waals surface area contributed by atoms with Crippen molar-refractivity contribution < 1.29 is 14.6 Å². The van der Waals surface area contributed by atoms with Gasteiger partial charge in [-0.05, 0) is 42.7 Å². The van der Waals surface area contributed by atoms with Crippen LogP contribution in [-0.2, 0) is 0 Å². The molecule has 0 saturated carbocycles. The Morgan fingerprint density at radius 1 is 1.36 bits per heavy atom. The van der Waals surface area contributed by atoms with Crippen molar-refractivity contribution in [2.45, 2.75) is 13.3 Å². The van der Waals surface area contributed by atoms with Crippen molar-refractivity contribution in [1.82, 2.24) is 15.1 Å². The fraction of sp³-hybridized carbons (Fsp3) is 0.375. The molecule has 0 spiro atoms. The Morgan fingerprint density at radius 2 is 2.09 bits per heavy atom. The fourth-order valence-corrected chi connectivity index (χ4v) is 2.00. The van der Waals surface area contributed by atoms with E-state index in [4.69, 9.17) is 9.84 Å². The average Bonchev–Trinajstić information content (AvgIpc) is 3.03. The second-order valence-corrected chi connectivity index (χ2v) is 5.17. The summed E-state index contributed by atoms with van der Waals surface area (Å²) in [5, 5.41) is 15.9. The number of carbonyl (C=O) groups is 1. The van der Waals surface area contributed by atoms with E-state index in [0.29, 0.717) is 18.7 Å². The van der Waals surface area contributed by atoms with E-state index in [1.807, 2.05) is 31.2 Å². The smallest absolute Gasteiger partial charge is 0.271 e. The molecule has 0 aliphatic heterocycles. The molecular formula is C16H21N3O3. The van der Waals surface area contributed by atoms with E-state index in [9.17, 15) is 4.79 Å². The summed E-state index contributed by atoms with van der Waals surface area (Å²) in [6.45, 7) is 2.63. The maximum Gasteiger partial charge on any atom is 0.271 e. The largest absolute Gasteiger partial charge is 0.497 e. The molecule has 1 amide bonds. The van der Waals surface area contributed by atoms with Crippen molar-refractivity contribution in [2.75, 3.05) is 20.3 Å². The van der Waals surface area contributed by atoms with Gasteiger partial charge in [-0.15, -0.1) is 0 Å². The van der Waals surface area contributed by atoms with Crippen LogP contribution in [-0.4, -0.2) is 41.1 Å². The lowest BCUT2D eigenvalue weighted by molar-refractivity contribution is 0.0940. The van der Waals surface area contributed by atoms with Gasteiger partial charge in [-0.1, -0.05) is 6.92 Å². The van der Waals surface area contributed by atoms with Gasteiger partial charge >= 0.3 is 0 Å². The van der Waals surface area contributed by atoms with E-state index in [1.165, 1.54) is 0 Å². The number of nitrogens with zero attached hydrogens (tertiary/aromatic N) is 2. The maximum atomic E-state index is 12.0. The van der Waals surface area contributed by atoms with Gasteiger partial charge in [0, 0.05) is 19.3 Å². The summed E-state index contributed by atoms with van der Waals surface area (Å²) in [5.74, 6) is 0.793. The zero-order chi connectivity index (χ0) is 15.9. The van der Waals surface area contributed by atoms with Crippen LogP contribution in [0, 0.1) is 5.92 Å². The van der Waals surface area contributed by atoms with Crippen molar-refractivity contribution in [1.29, 1.82) is 0 Å². The highest BCUT2D eigenvalue weighted by Crippen LogP contribution is 2.14. The predicted molar refractivity (Wildman–Crippen MR) is 83.3 cm³/mol. The molecule has 1 aromatic carbocycles. The Morgan fingerprint density at radius 3 is 2.73 bits per heavy atom. The molecule has 1 heterocycles. The summed E-state index contributed by atoms with van der Waals surface area (Å²) in [7, 11) is 1.61. The minimum Gasteiger partial charge on any atom is -0.497 e. The van der Waals surface area contributed by atoms with Gasteiger partial charge in [0.05, 0.1) is 12.8 Å². The molecule has 1 unspecified atom stereocenters. The van der Waals surface area contributed by atoms with Crippen LogP contribution in [0.25, 0.3) is 5.69 Å². The minimum atomic E-state index is -0.211. The summed E-state index contributed by atoms with van der Waals surface area (Å²) in [5.41, 5.74) is 1.22. The molecule has 0 fully saturated rings. The first-order chi connectivity index (χ1) is 10.6. The zero-order valence-electron chi connectivity index (χ0n) is 12.8. The number of ether oxygens (including phenoxy) is 1. The first-order valence-corrected chi connectivity index (χ1v) is 7.23. The summed E-state index contributed by atoms with van der Waals surface area (Å²) in [4.78, 5) is 12.0. The molecule has 22 heavy (non-hydrogen) atoms. The van der Waals surface area contributed by atoms with Crippen molar-refractivity contribution >= 4 is 5.91 Å². The van der Waals surface area contributed by atoms with Crippen LogP contribution in [0.15, 0.2) is 36.5 Å². The van der Waals surface area contributed by atoms with E-state index in [-0.39, 0.29) is 18.4 Å². The van der Waals surface area contributed by atoms with Gasteiger partial charge in [0.2, 0.25) is 0 Å². The third kappa shape index (κ3) is 4.08. The van der Waals surface area contributed by atoms with Crippen LogP contribution in [0.4, 0.5) is 0 Å². The quantitative estimate of drug-likeness (QED) is 0.815. The number of methoxy groups -OCH3 is 1. The molecule has 118 valence electrons. The number of rotatable bonds is 7. The minimum absolute atomic E-state index is 0.128. The van der Waals surface area contributed by atoms with Gasteiger partial charge in [0.1, 0.15) is 5.75 Å². The summed E-state index contributed by atoms with van der Waals surface area (Å²) < 4.78 is 6.76. The number of benzene rings is 1. The third-order valence-corrected chi connectivity index (χ3v) is 3.39. The summed E-state index contributed by atoms with van der Waals surface area (Å²) in [6.07, 6.45) is 2.41. The fourth-order valence-electron chi connectivity index (χ4n) is 2.00. The Balaban J connectivity index is 1.99. The van der Waals surface area contributed by atoms with Crippen molar-refractivity contribution in [3.05, 3.63) is 42.2 Å². The van der Waals surface area contributed by atoms with E-state index in [0.717, 1.165) is 11.4 Å². The van der Waals surface area contributed by atoms with Crippen LogP contribution in [0.2, 0.25) is 0 Å². The Bertz CT molecular complexity index is 607. The monoisotopic (exact) mass is 303 g/mol. The molecule has 6 heteroatoms. The second kappa shape index (κ2) is 7.61. The molecular weight excluding hydrogens is 282 g/mol. The number of amides is 1. The topological polar surface area (TPSA) is 76.4 Å². The highest BCUT2D eigenvalue weighted by Gasteiger charge is 2.11. The van der Waals surface area contributed by atoms with Crippen molar-refractivity contribution in [3.8, 4) is 11.4 Å². The highest BCUT2D eigenvalue weighted by molar-refractivity contribution is 5.92. The Kier molecular flexibility index (Phi) is 5.55. The van der Waals surface area contributed by atoms with Gasteiger partial charge < -0.3 is 15.2 Å². The molecule has 1 atom stereocenters. The highest BCUT2D eigenvalue weighted by atomic mass is 16.5. The van der Waals surface area contributed by atoms with Crippen LogP contribution in [0.1, 0.15) is 23.8 Å². The molecule has 2 aromatic rings. The molecule has 0 saturated heterocycles. The summed E-state index contributed by atoms with van der Waals surface area (Å²) in [6, 6.07) is 9.10. The van der Waals surface area contributed by atoms with E-state index < -0.39 is 0 Å². The Labute approximate surface area is 129 Å². The lowest BCUT2D eigenvalue weighted by atomic mass is 10.1. The maximum absolute atomic E-state index is 12.0. The molecule has 6 nitrogen and oxygen atoms in total. The number of aromatic nitrogens is 2. The van der Waals surface area contributed by atoms with E-state index >= 15 is 0 Å². The first-order valence-electron chi connectivity index (χ1n) is 7.23. The van der Waals surface area contributed by atoms with Gasteiger partial charge in [0.25, 0.3) is 5.91 Å². The zero-order valence-corrected chi connectivity index (χ0v) is 12.8. The van der Waals surface area contributed by atoms with Crippen molar-refractivity contribution in [3.63, 3.8) is 0 Å². The van der Waals surface area contributed by atoms with E-state index in [2.05, 4.69) is 10.4 Å². The van der Waals surface area contributed by atoms with Crippen molar-refractivity contribution in [2.24, 2.45) is 5.92 Å². The number of aliphatic hydroxyl groups is 1. The van der Waals surface area contributed by atoms with Gasteiger partial charge in [-0.25, -0.2) is 4.68 Å². The number of hydrogen-bond donors (Lipinski definition) is 2. The van der Waals surface area contributed by atoms with Crippen LogP contribution in [0.3, 0.4) is 0 Å². The van der Waals surface area contributed by atoms with Crippen LogP contribution < -0.4 is 10.1 Å². The van der Waals surface area contributed by atoms with E-state index in [1.54, 1.807) is 24.1 Å². The number of hydrogen-bond acceptors (Lipinski definition) is 4. The molecule has 0 bridgehead atoms. The molecule has 2 rings (SSSR count). The normalized spacial score (nSPS) is 12.0. The lowest BCUT2D eigenvalue weighted by Crippen LogP contribution is -2.29. The van der Waals surface area contributed by atoms with Crippen LogP contribution in [0.5, 0.6) is 5.75 Å². The molecule has 0 aliphatic carbocycles.